The molecule has 4 aromatic rings. The fourth-order valence-electron chi connectivity index (χ4n) is 2.93. The van der Waals surface area contributed by atoms with Gasteiger partial charge in [0.25, 0.3) is 17.4 Å². The Labute approximate surface area is 197 Å². The molecule has 0 bridgehead atoms. The third kappa shape index (κ3) is 5.61. The van der Waals surface area contributed by atoms with E-state index in [-0.39, 0.29) is 11.5 Å². The maximum Gasteiger partial charge on any atom is 0.340 e. The molecule has 0 aliphatic heterocycles. The normalized spacial score (nSPS) is 10.4. The molecule has 2 aromatic heterocycles. The Hall–Kier alpha value is -4.57. The molecule has 2 N–H and O–H groups in total. The lowest BCUT2D eigenvalue weighted by molar-refractivity contribution is -0.119. The zero-order valence-electron chi connectivity index (χ0n) is 17.6. The van der Waals surface area contributed by atoms with Crippen LogP contribution in [0.1, 0.15) is 20.0 Å². The second kappa shape index (κ2) is 10.4. The zero-order valence-corrected chi connectivity index (χ0v) is 18.5. The van der Waals surface area contributed by atoms with Crippen LogP contribution in [0.5, 0.6) is 0 Å². The van der Waals surface area contributed by atoms with E-state index in [1.54, 1.807) is 60.7 Å². The SMILES string of the molecule is O=C(COC(=O)c1cnn(-c2ccccc2)c(=O)c1)Nc1ccc(NC(=O)c2cccs2)cc1. The summed E-state index contributed by atoms with van der Waals surface area (Å²) < 4.78 is 6.13. The Morgan fingerprint density at radius 1 is 0.912 bits per heavy atom. The van der Waals surface area contributed by atoms with Crippen molar-refractivity contribution in [1.82, 2.24) is 9.78 Å². The van der Waals surface area contributed by atoms with E-state index in [2.05, 4.69) is 15.7 Å². The highest BCUT2D eigenvalue weighted by Gasteiger charge is 2.13. The van der Waals surface area contributed by atoms with Gasteiger partial charge < -0.3 is 15.4 Å². The quantitative estimate of drug-likeness (QED) is 0.397. The Balaban J connectivity index is 1.29. The van der Waals surface area contributed by atoms with Gasteiger partial charge in [-0.05, 0) is 47.8 Å². The molecule has 0 atom stereocenters. The average molecular weight is 474 g/mol. The van der Waals surface area contributed by atoms with E-state index in [1.807, 2.05) is 11.4 Å². The minimum absolute atomic E-state index is 0.0594. The Bertz CT molecular complexity index is 1370. The number of esters is 1. The summed E-state index contributed by atoms with van der Waals surface area (Å²) in [5.74, 6) is -1.62. The van der Waals surface area contributed by atoms with Crippen molar-refractivity contribution in [3.05, 3.63) is 105 Å². The number of hydrogen-bond donors (Lipinski definition) is 2. The summed E-state index contributed by atoms with van der Waals surface area (Å²) >= 11 is 1.34. The highest BCUT2D eigenvalue weighted by Crippen LogP contribution is 2.16. The van der Waals surface area contributed by atoms with Crippen LogP contribution in [0.3, 0.4) is 0 Å². The number of hydrogen-bond acceptors (Lipinski definition) is 7. The van der Waals surface area contributed by atoms with Gasteiger partial charge in [0.1, 0.15) is 0 Å². The van der Waals surface area contributed by atoms with Crippen molar-refractivity contribution in [3.63, 3.8) is 0 Å². The van der Waals surface area contributed by atoms with Crippen LogP contribution < -0.4 is 16.2 Å². The Kier molecular flexibility index (Phi) is 6.89. The third-order valence-corrected chi connectivity index (χ3v) is 5.41. The van der Waals surface area contributed by atoms with E-state index in [9.17, 15) is 19.2 Å². The van der Waals surface area contributed by atoms with E-state index >= 15 is 0 Å². The Morgan fingerprint density at radius 2 is 1.62 bits per heavy atom. The lowest BCUT2D eigenvalue weighted by Crippen LogP contribution is -2.24. The summed E-state index contributed by atoms with van der Waals surface area (Å²) in [7, 11) is 0. The third-order valence-electron chi connectivity index (χ3n) is 4.54. The van der Waals surface area contributed by atoms with Crippen molar-refractivity contribution in [2.45, 2.75) is 0 Å². The summed E-state index contributed by atoms with van der Waals surface area (Å²) in [6.45, 7) is -0.544. The standard InChI is InChI=1S/C24H18N4O5S/c29-21(26-17-8-10-18(11-9-17)27-23(31)20-7-4-12-34-20)15-33-24(32)16-13-22(30)28(25-14-16)19-5-2-1-3-6-19/h1-14H,15H2,(H,26,29)(H,27,31). The molecule has 0 saturated carbocycles. The molecule has 34 heavy (non-hydrogen) atoms. The minimum Gasteiger partial charge on any atom is -0.452 e. The van der Waals surface area contributed by atoms with E-state index in [1.165, 1.54) is 17.5 Å². The van der Waals surface area contributed by atoms with Gasteiger partial charge in [-0.1, -0.05) is 24.3 Å². The van der Waals surface area contributed by atoms with Crippen molar-refractivity contribution in [2.24, 2.45) is 0 Å². The van der Waals surface area contributed by atoms with Gasteiger partial charge in [-0.15, -0.1) is 11.3 Å². The van der Waals surface area contributed by atoms with Gasteiger partial charge in [0.05, 0.1) is 22.3 Å². The molecule has 0 spiro atoms. The molecular formula is C24H18N4O5S. The van der Waals surface area contributed by atoms with Crippen LogP contribution in [0, 0.1) is 0 Å². The number of carbonyl (C=O) groups is 3. The fourth-order valence-corrected chi connectivity index (χ4v) is 3.55. The van der Waals surface area contributed by atoms with Gasteiger partial charge >= 0.3 is 5.97 Å². The van der Waals surface area contributed by atoms with Crippen LogP contribution in [0.4, 0.5) is 11.4 Å². The van der Waals surface area contributed by atoms with Gasteiger partial charge in [-0.2, -0.15) is 9.78 Å². The molecule has 170 valence electrons. The number of amides is 2. The summed E-state index contributed by atoms with van der Waals surface area (Å²) in [5, 5.41) is 11.1. The van der Waals surface area contributed by atoms with E-state index in [4.69, 9.17) is 4.74 Å². The molecule has 4 rings (SSSR count). The average Bonchev–Trinajstić information content (AvgIpc) is 3.39. The monoisotopic (exact) mass is 474 g/mol. The molecule has 0 fully saturated rings. The molecule has 0 aliphatic carbocycles. The molecule has 2 heterocycles. The van der Waals surface area contributed by atoms with E-state index in [0.29, 0.717) is 21.9 Å². The molecule has 0 unspecified atom stereocenters. The lowest BCUT2D eigenvalue weighted by atomic mass is 10.2. The summed E-state index contributed by atoms with van der Waals surface area (Å²) in [6, 6.07) is 19.9. The summed E-state index contributed by atoms with van der Waals surface area (Å²) in [5.41, 5.74) is 1.03. The van der Waals surface area contributed by atoms with Crippen LogP contribution in [-0.2, 0) is 9.53 Å². The largest absolute Gasteiger partial charge is 0.452 e. The first-order valence-electron chi connectivity index (χ1n) is 10.1. The number of nitrogens with one attached hydrogen (secondary N) is 2. The first kappa shape index (κ1) is 22.6. The molecule has 0 saturated heterocycles. The van der Waals surface area contributed by atoms with Crippen LogP contribution in [0.2, 0.25) is 0 Å². The molecule has 2 amide bonds. The topological polar surface area (TPSA) is 119 Å². The minimum atomic E-state index is -0.841. The highest BCUT2D eigenvalue weighted by molar-refractivity contribution is 7.12. The fraction of sp³-hybridized carbons (Fsp3) is 0.0417. The van der Waals surface area contributed by atoms with Crippen molar-refractivity contribution < 1.29 is 19.1 Å². The van der Waals surface area contributed by atoms with Crippen molar-refractivity contribution in [3.8, 4) is 5.69 Å². The first-order chi connectivity index (χ1) is 16.5. The molecule has 2 aromatic carbocycles. The maximum absolute atomic E-state index is 12.3. The number of para-hydroxylation sites is 1. The van der Waals surface area contributed by atoms with Gasteiger partial charge in [0, 0.05) is 17.4 Å². The van der Waals surface area contributed by atoms with E-state index in [0.717, 1.165) is 10.7 Å². The number of carbonyl (C=O) groups excluding carboxylic acids is 3. The Morgan fingerprint density at radius 3 is 2.26 bits per heavy atom. The van der Waals surface area contributed by atoms with Crippen LogP contribution in [0.25, 0.3) is 5.69 Å². The number of aromatic nitrogens is 2. The van der Waals surface area contributed by atoms with Crippen molar-refractivity contribution >= 4 is 40.5 Å². The molecular weight excluding hydrogens is 456 g/mol. The van der Waals surface area contributed by atoms with Crippen LogP contribution in [0.15, 0.2) is 89.2 Å². The molecule has 0 radical (unpaired) electrons. The van der Waals surface area contributed by atoms with Gasteiger partial charge in [-0.3, -0.25) is 14.4 Å². The number of benzene rings is 2. The number of ether oxygens (including phenoxy) is 1. The van der Waals surface area contributed by atoms with E-state index < -0.39 is 24.0 Å². The zero-order chi connectivity index (χ0) is 23.9. The summed E-state index contributed by atoms with van der Waals surface area (Å²) in [4.78, 5) is 49.3. The number of thiophene rings is 1. The number of anilines is 2. The number of nitrogens with zero attached hydrogens (tertiary/aromatic N) is 2. The predicted octanol–water partition coefficient (Wildman–Crippen LogP) is 3.34. The first-order valence-corrected chi connectivity index (χ1v) is 10.9. The van der Waals surface area contributed by atoms with Gasteiger partial charge in [0.15, 0.2) is 6.61 Å². The summed E-state index contributed by atoms with van der Waals surface area (Å²) in [6.07, 6.45) is 1.21. The smallest absolute Gasteiger partial charge is 0.340 e. The second-order valence-corrected chi connectivity index (χ2v) is 7.91. The number of rotatable bonds is 7. The molecule has 9 nitrogen and oxygen atoms in total. The molecule has 10 heteroatoms. The van der Waals surface area contributed by atoms with Crippen molar-refractivity contribution in [1.29, 1.82) is 0 Å². The highest BCUT2D eigenvalue weighted by atomic mass is 32.1. The van der Waals surface area contributed by atoms with Gasteiger partial charge in [-0.25, -0.2) is 4.79 Å². The van der Waals surface area contributed by atoms with Crippen LogP contribution >= 0.6 is 11.3 Å². The van der Waals surface area contributed by atoms with Crippen molar-refractivity contribution in [2.75, 3.05) is 17.2 Å². The second-order valence-electron chi connectivity index (χ2n) is 6.96. The predicted molar refractivity (Wildman–Crippen MR) is 127 cm³/mol. The van der Waals surface area contributed by atoms with Crippen LogP contribution in [-0.4, -0.2) is 34.2 Å². The lowest BCUT2D eigenvalue weighted by Gasteiger charge is -2.09. The molecule has 0 aliphatic rings. The van der Waals surface area contributed by atoms with Gasteiger partial charge in [0.2, 0.25) is 0 Å². The maximum atomic E-state index is 12.3.